The van der Waals surface area contributed by atoms with Gasteiger partial charge in [0, 0.05) is 4.47 Å². The number of rotatable bonds is 6. The first-order valence-corrected chi connectivity index (χ1v) is 7.75. The Morgan fingerprint density at radius 1 is 1.38 bits per heavy atom. The van der Waals surface area contributed by atoms with E-state index >= 15 is 0 Å². The molecule has 1 rings (SSSR count). The summed E-state index contributed by atoms with van der Waals surface area (Å²) in [6.07, 6.45) is 0.941. The van der Waals surface area contributed by atoms with Gasteiger partial charge in [-0.2, -0.15) is 0 Å². The molecule has 0 spiro atoms. The number of hydrogen-bond donors (Lipinski definition) is 3. The van der Waals surface area contributed by atoms with Crippen molar-refractivity contribution in [3.63, 3.8) is 0 Å². The summed E-state index contributed by atoms with van der Waals surface area (Å²) in [7, 11) is 0. The van der Waals surface area contributed by atoms with E-state index < -0.39 is 5.41 Å². The van der Waals surface area contributed by atoms with E-state index in [1.54, 1.807) is 0 Å². The third kappa shape index (κ3) is 3.75. The molecular weight excluding hydrogens is 334 g/mol. The molecule has 1 unspecified atom stereocenters. The van der Waals surface area contributed by atoms with Crippen LogP contribution in [0.1, 0.15) is 45.2 Å². The van der Waals surface area contributed by atoms with Crippen LogP contribution in [-0.4, -0.2) is 17.0 Å². The highest BCUT2D eigenvalue weighted by molar-refractivity contribution is 9.10. The van der Waals surface area contributed by atoms with Gasteiger partial charge in [0.05, 0.1) is 6.04 Å². The van der Waals surface area contributed by atoms with E-state index in [0.29, 0.717) is 12.8 Å². The molecule has 0 fully saturated rings. The molecule has 0 radical (unpaired) electrons. The first-order valence-electron chi connectivity index (χ1n) is 6.95. The molecule has 0 heterocycles. The summed E-state index contributed by atoms with van der Waals surface area (Å²) in [6.45, 7) is 5.61. The molecule has 6 heteroatoms. The van der Waals surface area contributed by atoms with Gasteiger partial charge in [0.2, 0.25) is 5.91 Å². The van der Waals surface area contributed by atoms with Gasteiger partial charge in [-0.3, -0.25) is 4.79 Å². The normalized spacial score (nSPS) is 13.8. The van der Waals surface area contributed by atoms with E-state index in [0.717, 1.165) is 10.0 Å². The number of carbonyl (C=O) groups excluding carboxylic acids is 1. The molecule has 0 aliphatic rings. The van der Waals surface area contributed by atoms with E-state index in [4.69, 9.17) is 10.9 Å². The van der Waals surface area contributed by atoms with Crippen molar-refractivity contribution in [1.29, 1.82) is 0 Å². The van der Waals surface area contributed by atoms with E-state index in [2.05, 4.69) is 26.4 Å². The molecule has 5 nitrogen and oxygen atoms in total. The molecule has 0 saturated carbocycles. The SMILES string of the molecule is CCC(CC)(C(=O)NC(C)c1ccc(Br)cc1)C(N)=NO. The van der Waals surface area contributed by atoms with Gasteiger partial charge in [0.1, 0.15) is 5.41 Å². The number of nitrogens with one attached hydrogen (secondary N) is 1. The van der Waals surface area contributed by atoms with Crippen LogP contribution >= 0.6 is 15.9 Å². The maximum Gasteiger partial charge on any atom is 0.234 e. The van der Waals surface area contributed by atoms with Crippen LogP contribution in [-0.2, 0) is 4.79 Å². The molecule has 0 bridgehead atoms. The molecule has 21 heavy (non-hydrogen) atoms. The van der Waals surface area contributed by atoms with Gasteiger partial charge in [-0.25, -0.2) is 0 Å². The van der Waals surface area contributed by atoms with Gasteiger partial charge in [0.15, 0.2) is 5.84 Å². The van der Waals surface area contributed by atoms with Crippen LogP contribution < -0.4 is 11.1 Å². The molecule has 1 aromatic rings. The fourth-order valence-electron chi connectivity index (χ4n) is 2.31. The van der Waals surface area contributed by atoms with Crippen LogP contribution in [0.15, 0.2) is 33.9 Å². The molecule has 0 aliphatic carbocycles. The van der Waals surface area contributed by atoms with E-state index in [1.807, 2.05) is 45.0 Å². The number of halogens is 1. The Morgan fingerprint density at radius 3 is 2.33 bits per heavy atom. The van der Waals surface area contributed by atoms with Crippen LogP contribution in [0.3, 0.4) is 0 Å². The van der Waals surface area contributed by atoms with Gasteiger partial charge in [-0.15, -0.1) is 0 Å². The molecule has 116 valence electrons. The number of amides is 1. The first-order chi connectivity index (χ1) is 9.91. The van der Waals surface area contributed by atoms with Gasteiger partial charge in [-0.05, 0) is 37.5 Å². The Bertz CT molecular complexity index is 510. The van der Waals surface area contributed by atoms with Gasteiger partial charge >= 0.3 is 0 Å². The number of nitrogens with zero attached hydrogens (tertiary/aromatic N) is 1. The summed E-state index contributed by atoms with van der Waals surface area (Å²) < 4.78 is 0.984. The smallest absolute Gasteiger partial charge is 0.234 e. The zero-order valence-electron chi connectivity index (χ0n) is 12.6. The summed E-state index contributed by atoms with van der Waals surface area (Å²) in [5.41, 5.74) is 5.76. The molecule has 4 N–H and O–H groups in total. The number of nitrogens with two attached hydrogens (primary N) is 1. The Morgan fingerprint density at radius 2 is 1.90 bits per heavy atom. The Hall–Kier alpha value is -1.56. The molecule has 0 saturated heterocycles. The summed E-state index contributed by atoms with van der Waals surface area (Å²) in [5.74, 6) is -0.272. The van der Waals surface area contributed by atoms with Crippen molar-refractivity contribution >= 4 is 27.7 Å². The third-order valence-corrected chi connectivity index (χ3v) is 4.49. The monoisotopic (exact) mass is 355 g/mol. The maximum absolute atomic E-state index is 12.6. The largest absolute Gasteiger partial charge is 0.409 e. The zero-order valence-corrected chi connectivity index (χ0v) is 14.1. The minimum absolute atomic E-state index is 0.0481. The number of amidine groups is 1. The molecule has 0 aromatic heterocycles. The van der Waals surface area contributed by atoms with Crippen LogP contribution in [0.25, 0.3) is 0 Å². The average molecular weight is 356 g/mol. The van der Waals surface area contributed by atoms with Crippen LogP contribution in [0.4, 0.5) is 0 Å². The number of oxime groups is 1. The molecule has 1 amide bonds. The van der Waals surface area contributed by atoms with E-state index in [-0.39, 0.29) is 17.8 Å². The lowest BCUT2D eigenvalue weighted by Gasteiger charge is -2.30. The minimum Gasteiger partial charge on any atom is -0.409 e. The highest BCUT2D eigenvalue weighted by atomic mass is 79.9. The van der Waals surface area contributed by atoms with Crippen molar-refractivity contribution in [3.8, 4) is 0 Å². The van der Waals surface area contributed by atoms with Crippen LogP contribution in [0.5, 0.6) is 0 Å². The summed E-state index contributed by atoms with van der Waals surface area (Å²) in [4.78, 5) is 12.6. The van der Waals surface area contributed by atoms with Gasteiger partial charge in [0.25, 0.3) is 0 Å². The van der Waals surface area contributed by atoms with Crippen LogP contribution in [0.2, 0.25) is 0 Å². The number of hydrogen-bond acceptors (Lipinski definition) is 3. The first kappa shape index (κ1) is 17.5. The lowest BCUT2D eigenvalue weighted by molar-refractivity contribution is -0.128. The van der Waals surface area contributed by atoms with Crippen molar-refractivity contribution < 1.29 is 10.0 Å². The Kier molecular flexibility index (Phi) is 6.20. The van der Waals surface area contributed by atoms with Crippen molar-refractivity contribution in [2.75, 3.05) is 0 Å². The predicted molar refractivity (Wildman–Crippen MR) is 87.1 cm³/mol. The zero-order chi connectivity index (χ0) is 16.0. The summed E-state index contributed by atoms with van der Waals surface area (Å²) in [5, 5.41) is 14.9. The molecule has 0 aliphatic heterocycles. The maximum atomic E-state index is 12.6. The van der Waals surface area contributed by atoms with E-state index in [1.165, 1.54) is 0 Å². The average Bonchev–Trinajstić information content (AvgIpc) is 2.49. The molecule has 1 aromatic carbocycles. The minimum atomic E-state index is -0.974. The van der Waals surface area contributed by atoms with Gasteiger partial charge < -0.3 is 16.3 Å². The Labute approximate surface area is 133 Å². The highest BCUT2D eigenvalue weighted by Crippen LogP contribution is 2.28. The lowest BCUT2D eigenvalue weighted by atomic mass is 9.80. The van der Waals surface area contributed by atoms with Crippen molar-refractivity contribution in [3.05, 3.63) is 34.3 Å². The predicted octanol–water partition coefficient (Wildman–Crippen LogP) is 3.18. The third-order valence-electron chi connectivity index (χ3n) is 3.96. The second-order valence-corrected chi connectivity index (χ2v) is 5.94. The second-order valence-electron chi connectivity index (χ2n) is 5.02. The number of carbonyl (C=O) groups is 1. The second kappa shape index (κ2) is 7.45. The Balaban J connectivity index is 2.94. The highest BCUT2D eigenvalue weighted by Gasteiger charge is 2.40. The fraction of sp³-hybridized carbons (Fsp3) is 0.467. The van der Waals surface area contributed by atoms with Crippen molar-refractivity contribution in [1.82, 2.24) is 5.32 Å². The quantitative estimate of drug-likeness (QED) is 0.317. The molecule has 1 atom stereocenters. The lowest BCUT2D eigenvalue weighted by Crippen LogP contribution is -2.49. The van der Waals surface area contributed by atoms with E-state index in [9.17, 15) is 4.79 Å². The standard InChI is InChI=1S/C15H22BrN3O2/c1-4-15(5-2,13(17)19-21)14(20)18-10(3)11-6-8-12(16)9-7-11/h6-10,21H,4-5H2,1-3H3,(H2,17,19)(H,18,20). The van der Waals surface area contributed by atoms with Crippen LogP contribution in [0, 0.1) is 5.41 Å². The molecular formula is C15H22BrN3O2. The topological polar surface area (TPSA) is 87.7 Å². The van der Waals surface area contributed by atoms with Gasteiger partial charge in [-0.1, -0.05) is 47.1 Å². The number of benzene rings is 1. The van der Waals surface area contributed by atoms with Crippen molar-refractivity contribution in [2.24, 2.45) is 16.3 Å². The fourth-order valence-corrected chi connectivity index (χ4v) is 2.58. The summed E-state index contributed by atoms with van der Waals surface area (Å²) >= 11 is 3.38. The summed E-state index contributed by atoms with van der Waals surface area (Å²) in [6, 6.07) is 7.58. The van der Waals surface area contributed by atoms with Crippen molar-refractivity contribution in [2.45, 2.75) is 39.7 Å².